The molecule has 1 saturated heterocycles. The van der Waals surface area contributed by atoms with Crippen molar-refractivity contribution in [3.63, 3.8) is 0 Å². The Morgan fingerprint density at radius 3 is 2.47 bits per heavy atom. The van der Waals surface area contributed by atoms with Crippen LogP contribution in [0.1, 0.15) is 58.9 Å². The highest BCUT2D eigenvalue weighted by atomic mass is 16.2. The summed E-state index contributed by atoms with van der Waals surface area (Å²) in [5.41, 5.74) is 8.77. The van der Waals surface area contributed by atoms with Gasteiger partial charge in [-0.05, 0) is 79.1 Å². The third kappa shape index (κ3) is 4.72. The molecule has 1 aliphatic heterocycles. The van der Waals surface area contributed by atoms with E-state index in [1.807, 2.05) is 35.4 Å². The Hall–Kier alpha value is -3.53. The van der Waals surface area contributed by atoms with E-state index < -0.39 is 0 Å². The third-order valence-corrected chi connectivity index (χ3v) is 7.03. The van der Waals surface area contributed by atoms with Gasteiger partial charge in [0, 0.05) is 43.3 Å². The van der Waals surface area contributed by atoms with Crippen LogP contribution in [-0.2, 0) is 11.2 Å². The van der Waals surface area contributed by atoms with Gasteiger partial charge in [0.15, 0.2) is 0 Å². The van der Waals surface area contributed by atoms with Gasteiger partial charge in [0.05, 0.1) is 5.69 Å². The van der Waals surface area contributed by atoms with E-state index in [4.69, 9.17) is 4.98 Å². The van der Waals surface area contributed by atoms with Gasteiger partial charge >= 0.3 is 0 Å². The fraction of sp³-hybridized carbons (Fsp3) is 0.300. The Morgan fingerprint density at radius 2 is 1.74 bits per heavy atom. The SMILES string of the molecule is CC(=O)CC1CCN(C(=O)c2cccc(-c3cnc4c(c3)C=C(c3ccc(C)cc3)C4)c2)CC1. The Labute approximate surface area is 201 Å². The number of amides is 1. The van der Waals surface area contributed by atoms with Gasteiger partial charge in [-0.25, -0.2) is 0 Å². The summed E-state index contributed by atoms with van der Waals surface area (Å²) in [6, 6.07) is 18.7. The average molecular weight is 451 g/mol. The number of carbonyl (C=O) groups excluding carboxylic acids is 2. The molecule has 2 heterocycles. The van der Waals surface area contributed by atoms with Crippen molar-refractivity contribution in [1.82, 2.24) is 9.88 Å². The molecule has 172 valence electrons. The van der Waals surface area contributed by atoms with Crippen LogP contribution < -0.4 is 0 Å². The zero-order valence-electron chi connectivity index (χ0n) is 19.9. The highest BCUT2D eigenvalue weighted by molar-refractivity contribution is 5.96. The number of ketones is 1. The van der Waals surface area contributed by atoms with E-state index in [1.54, 1.807) is 6.92 Å². The Kier molecular flexibility index (Phi) is 6.14. The first-order chi connectivity index (χ1) is 16.5. The lowest BCUT2D eigenvalue weighted by atomic mass is 9.91. The number of piperidine rings is 1. The minimum Gasteiger partial charge on any atom is -0.339 e. The molecule has 0 N–H and O–H groups in total. The van der Waals surface area contributed by atoms with Crippen LogP contribution in [0, 0.1) is 12.8 Å². The zero-order valence-corrected chi connectivity index (χ0v) is 19.9. The van der Waals surface area contributed by atoms with Gasteiger partial charge in [-0.15, -0.1) is 0 Å². The minimum absolute atomic E-state index is 0.0683. The van der Waals surface area contributed by atoms with Crippen molar-refractivity contribution in [1.29, 1.82) is 0 Å². The van der Waals surface area contributed by atoms with Crippen LogP contribution in [0.15, 0.2) is 60.8 Å². The van der Waals surface area contributed by atoms with Crippen molar-refractivity contribution in [3.05, 3.63) is 88.7 Å². The molecule has 2 aliphatic rings. The second-order valence-corrected chi connectivity index (χ2v) is 9.69. The number of likely N-dealkylation sites (tertiary alicyclic amines) is 1. The number of benzene rings is 2. The maximum atomic E-state index is 13.2. The molecule has 2 aromatic carbocycles. The summed E-state index contributed by atoms with van der Waals surface area (Å²) in [5.74, 6) is 0.711. The molecule has 4 nitrogen and oxygen atoms in total. The lowest BCUT2D eigenvalue weighted by molar-refractivity contribution is -0.118. The molecule has 0 spiro atoms. The van der Waals surface area contributed by atoms with Crippen LogP contribution in [0.25, 0.3) is 22.8 Å². The van der Waals surface area contributed by atoms with Gasteiger partial charge in [0.1, 0.15) is 5.78 Å². The standard InChI is InChI=1S/C30H30N2O2/c1-20-6-8-23(9-7-20)26-16-27-17-28(19-31-29(27)18-26)24-4-3-5-25(15-24)30(34)32-12-10-22(11-13-32)14-21(2)33/h3-9,15-17,19,22H,10-14,18H2,1-2H3. The molecule has 0 saturated carbocycles. The Bertz CT molecular complexity index is 1270. The van der Waals surface area contributed by atoms with Gasteiger partial charge in [-0.2, -0.15) is 0 Å². The predicted octanol–water partition coefficient (Wildman–Crippen LogP) is 5.99. The Balaban J connectivity index is 1.33. The number of aryl methyl sites for hydroxylation is 1. The third-order valence-electron chi connectivity index (χ3n) is 7.03. The number of allylic oxidation sites excluding steroid dienone is 1. The van der Waals surface area contributed by atoms with E-state index >= 15 is 0 Å². The largest absolute Gasteiger partial charge is 0.339 e. The topological polar surface area (TPSA) is 50.3 Å². The van der Waals surface area contributed by atoms with Crippen LogP contribution in [0.3, 0.4) is 0 Å². The number of nitrogens with zero attached hydrogens (tertiary/aromatic N) is 2. The zero-order chi connectivity index (χ0) is 23.7. The first-order valence-corrected chi connectivity index (χ1v) is 12.1. The summed E-state index contributed by atoms with van der Waals surface area (Å²) >= 11 is 0. The molecule has 1 fully saturated rings. The Morgan fingerprint density at radius 1 is 0.971 bits per heavy atom. The van der Waals surface area contributed by atoms with Gasteiger partial charge in [0.2, 0.25) is 0 Å². The maximum absolute atomic E-state index is 13.2. The van der Waals surface area contributed by atoms with Crippen LogP contribution in [0.5, 0.6) is 0 Å². The second-order valence-electron chi connectivity index (χ2n) is 9.69. The number of hydrogen-bond donors (Lipinski definition) is 0. The van der Waals surface area contributed by atoms with E-state index in [0.29, 0.717) is 31.0 Å². The maximum Gasteiger partial charge on any atom is 0.253 e. The summed E-state index contributed by atoms with van der Waals surface area (Å²) in [6.45, 7) is 5.18. The molecule has 1 aromatic heterocycles. The molecule has 4 heteroatoms. The number of carbonyl (C=O) groups is 2. The van der Waals surface area contributed by atoms with Crippen LogP contribution >= 0.6 is 0 Å². The van der Waals surface area contributed by atoms with Crippen molar-refractivity contribution >= 4 is 23.3 Å². The summed E-state index contributed by atoms with van der Waals surface area (Å²) in [6.07, 6.45) is 7.42. The predicted molar refractivity (Wildman–Crippen MR) is 136 cm³/mol. The van der Waals surface area contributed by atoms with E-state index in [9.17, 15) is 9.59 Å². The van der Waals surface area contributed by atoms with Gasteiger partial charge in [0.25, 0.3) is 5.91 Å². The molecular weight excluding hydrogens is 420 g/mol. The molecular formula is C30H30N2O2. The van der Waals surface area contributed by atoms with Crippen molar-refractivity contribution in [2.24, 2.45) is 5.92 Å². The van der Waals surface area contributed by atoms with Crippen molar-refractivity contribution in [3.8, 4) is 11.1 Å². The average Bonchev–Trinajstić information content (AvgIpc) is 3.28. The molecule has 3 aromatic rings. The van der Waals surface area contributed by atoms with Crippen LogP contribution in [0.4, 0.5) is 0 Å². The van der Waals surface area contributed by atoms with Crippen LogP contribution in [-0.4, -0.2) is 34.7 Å². The number of rotatable bonds is 5. The summed E-state index contributed by atoms with van der Waals surface area (Å²) in [4.78, 5) is 31.2. The highest BCUT2D eigenvalue weighted by Gasteiger charge is 2.24. The molecule has 0 radical (unpaired) electrons. The summed E-state index contributed by atoms with van der Waals surface area (Å²) in [5, 5.41) is 0. The molecule has 1 aliphatic carbocycles. The first-order valence-electron chi connectivity index (χ1n) is 12.1. The number of Topliss-reactive ketones (excluding diaryl/α,β-unsaturated/α-hetero) is 1. The summed E-state index contributed by atoms with van der Waals surface area (Å²) < 4.78 is 0. The van der Waals surface area contributed by atoms with E-state index in [2.05, 4.69) is 43.3 Å². The molecule has 34 heavy (non-hydrogen) atoms. The van der Waals surface area contributed by atoms with Crippen molar-refractivity contribution in [2.45, 2.75) is 39.5 Å². The van der Waals surface area contributed by atoms with Gasteiger partial charge in [-0.3, -0.25) is 9.78 Å². The molecule has 0 bridgehead atoms. The number of fused-ring (bicyclic) bond motifs is 1. The lowest BCUT2D eigenvalue weighted by Gasteiger charge is -2.31. The fourth-order valence-corrected chi connectivity index (χ4v) is 5.07. The quantitative estimate of drug-likeness (QED) is 0.480. The van der Waals surface area contributed by atoms with E-state index in [1.165, 1.54) is 16.7 Å². The summed E-state index contributed by atoms with van der Waals surface area (Å²) in [7, 11) is 0. The van der Waals surface area contributed by atoms with Crippen LogP contribution in [0.2, 0.25) is 0 Å². The monoisotopic (exact) mass is 450 g/mol. The van der Waals surface area contributed by atoms with Gasteiger partial charge in [-0.1, -0.05) is 42.0 Å². The van der Waals surface area contributed by atoms with Gasteiger partial charge < -0.3 is 9.69 Å². The second kappa shape index (κ2) is 9.38. The highest BCUT2D eigenvalue weighted by Crippen LogP contribution is 2.33. The number of aromatic nitrogens is 1. The van der Waals surface area contributed by atoms with E-state index in [-0.39, 0.29) is 11.7 Å². The van der Waals surface area contributed by atoms with Crippen molar-refractivity contribution in [2.75, 3.05) is 13.1 Å². The first kappa shape index (κ1) is 22.3. The number of hydrogen-bond acceptors (Lipinski definition) is 3. The smallest absolute Gasteiger partial charge is 0.253 e. The van der Waals surface area contributed by atoms with E-state index in [0.717, 1.165) is 41.6 Å². The molecule has 5 rings (SSSR count). The normalized spacial score (nSPS) is 15.7. The molecule has 0 atom stereocenters. The molecule has 1 amide bonds. The fourth-order valence-electron chi connectivity index (χ4n) is 5.07. The molecule has 0 unspecified atom stereocenters. The lowest BCUT2D eigenvalue weighted by Crippen LogP contribution is -2.38. The van der Waals surface area contributed by atoms with Crippen molar-refractivity contribution < 1.29 is 9.59 Å². The minimum atomic E-state index is 0.0683. The number of pyridine rings is 1.